The Balaban J connectivity index is 3.79. The van der Waals surface area contributed by atoms with Gasteiger partial charge in [-0.2, -0.15) is 0 Å². The number of likely N-dealkylation sites (N-methyl/N-ethyl adjacent to an activating group) is 1. The molecule has 0 aliphatic carbocycles. The largest absolute Gasteiger partial charge is 0.342 e. The van der Waals surface area contributed by atoms with Gasteiger partial charge in [-0.25, -0.2) is 0 Å². The third kappa shape index (κ3) is 5.02. The van der Waals surface area contributed by atoms with Crippen molar-refractivity contribution in [3.05, 3.63) is 12.7 Å². The number of nitrogens with one attached hydrogen (secondary N) is 1. The van der Waals surface area contributed by atoms with E-state index in [4.69, 9.17) is 0 Å². The summed E-state index contributed by atoms with van der Waals surface area (Å²) in [4.78, 5) is 13.4. The molecule has 0 aliphatic rings. The summed E-state index contributed by atoms with van der Waals surface area (Å²) in [6.45, 7) is 8.87. The van der Waals surface area contributed by atoms with E-state index in [1.807, 2.05) is 7.05 Å². The molecule has 0 spiro atoms. The molecule has 0 aromatic rings. The molecule has 1 N–H and O–H groups in total. The second-order valence-electron chi connectivity index (χ2n) is 3.56. The van der Waals surface area contributed by atoms with Crippen molar-refractivity contribution in [2.45, 2.75) is 32.7 Å². The molecule has 0 heterocycles. The van der Waals surface area contributed by atoms with Crippen LogP contribution < -0.4 is 5.32 Å². The number of hydrogen-bond acceptors (Lipinski definition) is 2. The summed E-state index contributed by atoms with van der Waals surface area (Å²) in [6.07, 6.45) is 3.92. The fourth-order valence-electron chi connectivity index (χ4n) is 1.26. The molecule has 3 nitrogen and oxygen atoms in total. The second-order valence-corrected chi connectivity index (χ2v) is 3.56. The molecule has 14 heavy (non-hydrogen) atoms. The summed E-state index contributed by atoms with van der Waals surface area (Å²) in [5.41, 5.74) is 0. The van der Waals surface area contributed by atoms with Crippen molar-refractivity contribution in [1.82, 2.24) is 10.2 Å². The Labute approximate surface area is 87.2 Å². The Bertz CT molecular complexity index is 180. The maximum atomic E-state index is 11.6. The van der Waals surface area contributed by atoms with Crippen LogP contribution in [0.4, 0.5) is 0 Å². The number of carbonyl (C=O) groups excluding carboxylic acids is 1. The third-order valence-electron chi connectivity index (χ3n) is 2.33. The van der Waals surface area contributed by atoms with Crippen LogP contribution in [0.25, 0.3) is 0 Å². The Morgan fingerprint density at radius 2 is 2.29 bits per heavy atom. The van der Waals surface area contributed by atoms with Gasteiger partial charge in [-0.15, -0.1) is 6.58 Å². The summed E-state index contributed by atoms with van der Waals surface area (Å²) >= 11 is 0. The maximum Gasteiger partial charge on any atom is 0.236 e. The van der Waals surface area contributed by atoms with Gasteiger partial charge < -0.3 is 10.2 Å². The zero-order chi connectivity index (χ0) is 11.0. The first-order valence-electron chi connectivity index (χ1n) is 5.20. The van der Waals surface area contributed by atoms with Crippen LogP contribution in [-0.2, 0) is 4.79 Å². The lowest BCUT2D eigenvalue weighted by Gasteiger charge is -2.24. The van der Waals surface area contributed by atoms with Gasteiger partial charge in [-0.05, 0) is 13.3 Å². The predicted molar refractivity (Wildman–Crippen MR) is 60.2 cm³/mol. The molecule has 0 fully saturated rings. The third-order valence-corrected chi connectivity index (χ3v) is 2.33. The molecule has 0 aliphatic heterocycles. The molecule has 0 saturated heterocycles. The molecule has 0 radical (unpaired) electrons. The zero-order valence-electron chi connectivity index (χ0n) is 9.55. The minimum absolute atomic E-state index is 0.146. The summed E-state index contributed by atoms with van der Waals surface area (Å²) in [5.74, 6) is 0.146. The molecule has 82 valence electrons. The highest BCUT2D eigenvalue weighted by molar-refractivity contribution is 5.78. The topological polar surface area (TPSA) is 32.3 Å². The summed E-state index contributed by atoms with van der Waals surface area (Å²) < 4.78 is 0. The van der Waals surface area contributed by atoms with Gasteiger partial charge >= 0.3 is 0 Å². The first-order chi connectivity index (χ1) is 6.63. The molecule has 1 amide bonds. The Hall–Kier alpha value is -0.830. The van der Waals surface area contributed by atoms with Gasteiger partial charge in [-0.3, -0.25) is 4.79 Å². The molecule has 0 aromatic carbocycles. The first-order valence-corrected chi connectivity index (χ1v) is 5.20. The first kappa shape index (κ1) is 13.2. The van der Waals surface area contributed by atoms with Gasteiger partial charge in [0.1, 0.15) is 0 Å². The highest BCUT2D eigenvalue weighted by Crippen LogP contribution is 2.03. The lowest BCUT2D eigenvalue weighted by Crippen LogP contribution is -2.40. The SMILES string of the molecule is C=CCNCC(=O)N(C)C(C)CCC. The molecular formula is C11H22N2O. The van der Waals surface area contributed by atoms with Crippen LogP contribution in [0.3, 0.4) is 0 Å². The van der Waals surface area contributed by atoms with Crippen LogP contribution in [0.15, 0.2) is 12.7 Å². The number of amides is 1. The smallest absolute Gasteiger partial charge is 0.236 e. The van der Waals surface area contributed by atoms with Gasteiger partial charge in [0.2, 0.25) is 5.91 Å². The van der Waals surface area contributed by atoms with Crippen molar-refractivity contribution in [3.63, 3.8) is 0 Å². The number of nitrogens with zero attached hydrogens (tertiary/aromatic N) is 1. The monoisotopic (exact) mass is 198 g/mol. The molecule has 0 rings (SSSR count). The van der Waals surface area contributed by atoms with Gasteiger partial charge in [0.15, 0.2) is 0 Å². The van der Waals surface area contributed by atoms with Gasteiger partial charge in [0, 0.05) is 19.6 Å². The molecule has 0 saturated carbocycles. The van der Waals surface area contributed by atoms with Crippen molar-refractivity contribution in [2.75, 3.05) is 20.1 Å². The normalized spacial score (nSPS) is 12.2. The van der Waals surface area contributed by atoms with Crippen molar-refractivity contribution < 1.29 is 4.79 Å². The molecule has 1 atom stereocenters. The molecule has 0 aromatic heterocycles. The van der Waals surface area contributed by atoms with Gasteiger partial charge in [0.05, 0.1) is 6.54 Å². The lowest BCUT2D eigenvalue weighted by molar-refractivity contribution is -0.130. The Morgan fingerprint density at radius 1 is 1.64 bits per heavy atom. The second kappa shape index (κ2) is 7.56. The minimum Gasteiger partial charge on any atom is -0.342 e. The van der Waals surface area contributed by atoms with E-state index in [2.05, 4.69) is 25.7 Å². The number of rotatable bonds is 7. The lowest BCUT2D eigenvalue weighted by atomic mass is 10.2. The van der Waals surface area contributed by atoms with E-state index in [0.717, 1.165) is 12.8 Å². The highest BCUT2D eigenvalue weighted by Gasteiger charge is 2.13. The van der Waals surface area contributed by atoms with Gasteiger partial charge in [-0.1, -0.05) is 19.4 Å². The van der Waals surface area contributed by atoms with E-state index < -0.39 is 0 Å². The highest BCUT2D eigenvalue weighted by atomic mass is 16.2. The van der Waals surface area contributed by atoms with E-state index in [1.54, 1.807) is 11.0 Å². The van der Waals surface area contributed by atoms with Crippen LogP contribution in [-0.4, -0.2) is 37.0 Å². The average Bonchev–Trinajstić information content (AvgIpc) is 2.17. The maximum absolute atomic E-state index is 11.6. The van der Waals surface area contributed by atoms with E-state index in [-0.39, 0.29) is 5.91 Å². The summed E-state index contributed by atoms with van der Waals surface area (Å²) in [6, 6.07) is 0.332. The Morgan fingerprint density at radius 3 is 2.79 bits per heavy atom. The summed E-state index contributed by atoms with van der Waals surface area (Å²) in [7, 11) is 1.86. The van der Waals surface area contributed by atoms with E-state index >= 15 is 0 Å². The zero-order valence-corrected chi connectivity index (χ0v) is 9.55. The van der Waals surface area contributed by atoms with Crippen molar-refractivity contribution in [1.29, 1.82) is 0 Å². The molecule has 3 heteroatoms. The standard InChI is InChI=1S/C11H22N2O/c1-5-7-10(3)13(4)11(14)9-12-8-6-2/h6,10,12H,2,5,7-9H2,1,3-4H3. The Kier molecular flexibility index (Phi) is 7.11. The average molecular weight is 198 g/mol. The fraction of sp³-hybridized carbons (Fsp3) is 0.727. The van der Waals surface area contributed by atoms with E-state index in [9.17, 15) is 4.79 Å². The number of hydrogen-bond donors (Lipinski definition) is 1. The minimum atomic E-state index is 0.146. The van der Waals surface area contributed by atoms with Crippen LogP contribution in [0.1, 0.15) is 26.7 Å². The van der Waals surface area contributed by atoms with Crippen LogP contribution >= 0.6 is 0 Å². The van der Waals surface area contributed by atoms with Gasteiger partial charge in [0.25, 0.3) is 0 Å². The molecular weight excluding hydrogens is 176 g/mol. The van der Waals surface area contributed by atoms with Crippen molar-refractivity contribution in [3.8, 4) is 0 Å². The fourth-order valence-corrected chi connectivity index (χ4v) is 1.26. The molecule has 1 unspecified atom stereocenters. The van der Waals surface area contributed by atoms with Crippen molar-refractivity contribution >= 4 is 5.91 Å². The van der Waals surface area contributed by atoms with Crippen LogP contribution in [0.2, 0.25) is 0 Å². The summed E-state index contributed by atoms with van der Waals surface area (Å²) in [5, 5.41) is 3.00. The predicted octanol–water partition coefficient (Wildman–Crippen LogP) is 1.41. The number of carbonyl (C=O) groups is 1. The van der Waals surface area contributed by atoms with Crippen LogP contribution in [0.5, 0.6) is 0 Å². The quantitative estimate of drug-likeness (QED) is 0.495. The molecule has 0 bridgehead atoms. The van der Waals surface area contributed by atoms with Crippen LogP contribution in [0, 0.1) is 0 Å². The van der Waals surface area contributed by atoms with E-state index in [0.29, 0.717) is 19.1 Å². The van der Waals surface area contributed by atoms with Crippen molar-refractivity contribution in [2.24, 2.45) is 0 Å². The van der Waals surface area contributed by atoms with E-state index in [1.165, 1.54) is 0 Å².